The van der Waals surface area contributed by atoms with Crippen LogP contribution in [0.3, 0.4) is 0 Å². The van der Waals surface area contributed by atoms with E-state index in [0.29, 0.717) is 53.6 Å². The van der Waals surface area contributed by atoms with Crippen LogP contribution in [0.5, 0.6) is 0 Å². The lowest BCUT2D eigenvalue weighted by atomic mass is 9.85. The fraction of sp³-hybridized carbons (Fsp3) is 0.523. The van der Waals surface area contributed by atoms with Gasteiger partial charge in [-0.3, -0.25) is 38.4 Å². The van der Waals surface area contributed by atoms with Gasteiger partial charge in [0.25, 0.3) is 12.3 Å². The topological polar surface area (TPSA) is 169 Å². The number of para-hydroxylation sites is 1. The molecule has 19 heteroatoms. The SMILES string of the molecule is C[C@@H]1CN(c2ccn3ncc(C(=O)Nc4cn([C@H]5CC[C@H](CN6CCN(CC#Cc7cccc8c7n(C)c(=O)n8C7CCC(=O)NC7=O)CC6)CC5)nc4C(F)F)c3n2)C[C@@H](C)O1. The molecule has 9 rings (SSSR count). The monoisotopic (exact) mass is 866 g/mol. The van der Waals surface area contributed by atoms with Crippen molar-refractivity contribution < 1.29 is 27.9 Å². The number of piperidine rings is 1. The first-order chi connectivity index (χ1) is 30.4. The van der Waals surface area contributed by atoms with Crippen LogP contribution in [0.15, 0.2) is 47.7 Å². The van der Waals surface area contributed by atoms with Crippen LogP contribution in [-0.2, 0) is 21.4 Å². The molecule has 1 saturated carbocycles. The number of morpholine rings is 1. The molecule has 0 radical (unpaired) electrons. The summed E-state index contributed by atoms with van der Waals surface area (Å²) >= 11 is 0. The molecule has 63 heavy (non-hydrogen) atoms. The fourth-order valence-corrected chi connectivity index (χ4v) is 9.70. The third-order valence-corrected chi connectivity index (χ3v) is 12.9. The van der Waals surface area contributed by atoms with E-state index < -0.39 is 30.0 Å². The predicted octanol–water partition coefficient (Wildman–Crippen LogP) is 3.76. The highest BCUT2D eigenvalue weighted by molar-refractivity contribution is 6.08. The number of nitrogens with one attached hydrogen (secondary N) is 2. The van der Waals surface area contributed by atoms with Crippen LogP contribution in [0.4, 0.5) is 20.3 Å². The number of anilines is 2. The van der Waals surface area contributed by atoms with E-state index in [9.17, 15) is 28.0 Å². The maximum atomic E-state index is 14.3. The van der Waals surface area contributed by atoms with Crippen LogP contribution < -0.4 is 21.2 Å². The molecule has 7 heterocycles. The molecule has 17 nitrogen and oxygen atoms in total. The molecule has 1 aromatic carbocycles. The second-order valence-corrected chi connectivity index (χ2v) is 17.3. The highest BCUT2D eigenvalue weighted by Crippen LogP contribution is 2.36. The minimum absolute atomic E-state index is 0.0162. The zero-order valence-corrected chi connectivity index (χ0v) is 35.7. The fourth-order valence-electron chi connectivity index (χ4n) is 9.70. The van der Waals surface area contributed by atoms with Crippen LogP contribution in [0.25, 0.3) is 16.7 Å². The number of hydrogen-bond donors (Lipinski definition) is 2. The normalized spacial score (nSPS) is 23.9. The number of piperazine rings is 1. The summed E-state index contributed by atoms with van der Waals surface area (Å²) in [5.41, 5.74) is 1.70. The van der Waals surface area contributed by atoms with Crippen molar-refractivity contribution in [1.29, 1.82) is 0 Å². The Kier molecular flexibility index (Phi) is 11.9. The van der Waals surface area contributed by atoms with E-state index in [1.54, 1.807) is 17.9 Å². The Morgan fingerprint density at radius 2 is 1.75 bits per heavy atom. The van der Waals surface area contributed by atoms with Crippen LogP contribution in [0, 0.1) is 17.8 Å². The van der Waals surface area contributed by atoms with Crippen molar-refractivity contribution >= 4 is 45.9 Å². The lowest BCUT2D eigenvalue weighted by Gasteiger charge is -2.37. The van der Waals surface area contributed by atoms with Gasteiger partial charge < -0.3 is 19.9 Å². The van der Waals surface area contributed by atoms with E-state index in [1.807, 2.05) is 38.1 Å². The lowest BCUT2D eigenvalue weighted by molar-refractivity contribution is -0.135. The molecule has 4 fully saturated rings. The number of benzene rings is 1. The van der Waals surface area contributed by atoms with Crippen molar-refractivity contribution in [3.8, 4) is 11.8 Å². The third kappa shape index (κ3) is 8.71. The van der Waals surface area contributed by atoms with Gasteiger partial charge in [-0.05, 0) is 70.1 Å². The first-order valence-electron chi connectivity index (χ1n) is 21.8. The van der Waals surface area contributed by atoms with Crippen LogP contribution in [-0.4, -0.2) is 126 Å². The van der Waals surface area contributed by atoms with E-state index >= 15 is 0 Å². The van der Waals surface area contributed by atoms with Crippen LogP contribution in [0.1, 0.15) is 92.5 Å². The zero-order chi connectivity index (χ0) is 43.9. The van der Waals surface area contributed by atoms with Gasteiger partial charge in [0.2, 0.25) is 11.8 Å². The second kappa shape index (κ2) is 17.7. The molecular weight excluding hydrogens is 815 g/mol. The van der Waals surface area contributed by atoms with E-state index in [0.717, 1.165) is 58.4 Å². The van der Waals surface area contributed by atoms with Crippen molar-refractivity contribution in [3.63, 3.8) is 0 Å². The van der Waals surface area contributed by atoms with E-state index in [1.165, 1.54) is 26.0 Å². The summed E-state index contributed by atoms with van der Waals surface area (Å²) in [7, 11) is 1.67. The first-order valence-corrected chi connectivity index (χ1v) is 21.8. The standard InChI is InChI=1S/C44H52F2N12O5/c1-27-23-55(24-28(2)63-27)36-15-17-56-41(49-36)32(22-47-56)42(60)48-33-26-57(51-38(33)40(45)46)31-11-9-29(10-12-31)25-54-20-18-53(19-21-54)16-5-7-30-6-4-8-34-39(30)52(3)44(62)58(34)35-13-14-37(59)50-43(35)61/h4,6,8,15,17,22,26-29,31,35,40H,9-14,16,18-21,23-25H2,1-3H3,(H,48,60)(H,50,59,61)/t27-,28-,29-,31-,35?/m1/s1. The lowest BCUT2D eigenvalue weighted by Crippen LogP contribution is -2.48. The molecule has 0 bridgehead atoms. The summed E-state index contributed by atoms with van der Waals surface area (Å²) in [5, 5.41) is 13.6. The highest BCUT2D eigenvalue weighted by Gasteiger charge is 2.33. The van der Waals surface area contributed by atoms with Gasteiger partial charge >= 0.3 is 5.69 Å². The number of carbonyl (C=O) groups excluding carboxylic acids is 3. The molecule has 2 N–H and O–H groups in total. The number of aromatic nitrogens is 7. The van der Waals surface area contributed by atoms with Crippen molar-refractivity contribution in [2.45, 2.75) is 83.1 Å². The summed E-state index contributed by atoms with van der Waals surface area (Å²) in [4.78, 5) is 62.8. The van der Waals surface area contributed by atoms with Gasteiger partial charge in [0.05, 0.1) is 53.3 Å². The number of imide groups is 1. The molecule has 1 unspecified atom stereocenters. The molecular formula is C44H52F2N12O5. The Morgan fingerprint density at radius 3 is 2.48 bits per heavy atom. The molecule has 3 atom stereocenters. The van der Waals surface area contributed by atoms with Gasteiger partial charge in [-0.2, -0.15) is 10.2 Å². The molecule has 4 aliphatic rings. The van der Waals surface area contributed by atoms with Gasteiger partial charge in [-0.25, -0.2) is 23.1 Å². The van der Waals surface area contributed by atoms with Gasteiger partial charge in [-0.1, -0.05) is 17.9 Å². The van der Waals surface area contributed by atoms with Crippen LogP contribution >= 0.6 is 0 Å². The van der Waals surface area contributed by atoms with E-state index in [2.05, 4.69) is 47.4 Å². The molecule has 0 spiro atoms. The number of halogens is 2. The summed E-state index contributed by atoms with van der Waals surface area (Å²) in [6.07, 6.45) is 5.77. The first kappa shape index (κ1) is 42.3. The Bertz CT molecular complexity index is 2650. The average Bonchev–Trinajstić information content (AvgIpc) is 3.96. The molecule has 3 amide bonds. The molecule has 4 aromatic heterocycles. The summed E-state index contributed by atoms with van der Waals surface area (Å²) in [6, 6.07) is 6.55. The largest absolute Gasteiger partial charge is 0.372 e. The number of fused-ring (bicyclic) bond motifs is 2. The summed E-state index contributed by atoms with van der Waals surface area (Å²) in [5.74, 6) is 6.35. The van der Waals surface area contributed by atoms with Crippen molar-refractivity contribution in [3.05, 3.63) is 70.2 Å². The summed E-state index contributed by atoms with van der Waals surface area (Å²) in [6.45, 7) is 10.4. The minimum atomic E-state index is -2.87. The van der Waals surface area contributed by atoms with E-state index in [-0.39, 0.29) is 53.9 Å². The summed E-state index contributed by atoms with van der Waals surface area (Å²) < 4.78 is 40.6. The second-order valence-electron chi connectivity index (χ2n) is 17.3. The maximum absolute atomic E-state index is 14.3. The van der Waals surface area contributed by atoms with Crippen molar-refractivity contribution in [1.82, 2.24) is 48.6 Å². The number of imidazole rings is 1. The average molecular weight is 867 g/mol. The molecule has 3 saturated heterocycles. The quantitative estimate of drug-likeness (QED) is 0.164. The number of amides is 3. The predicted molar refractivity (Wildman–Crippen MR) is 230 cm³/mol. The maximum Gasteiger partial charge on any atom is 0.329 e. The number of carbonyl (C=O) groups is 3. The van der Waals surface area contributed by atoms with Gasteiger partial charge in [-0.15, -0.1) is 0 Å². The van der Waals surface area contributed by atoms with E-state index in [4.69, 9.17) is 9.72 Å². The Labute approximate surface area is 362 Å². The van der Waals surface area contributed by atoms with Gasteiger partial charge in [0.15, 0.2) is 11.3 Å². The Balaban J connectivity index is 0.770. The number of alkyl halides is 2. The highest BCUT2D eigenvalue weighted by atomic mass is 19.3. The number of hydrogen-bond acceptors (Lipinski definition) is 11. The number of aryl methyl sites for hydroxylation is 1. The molecule has 5 aromatic rings. The van der Waals surface area contributed by atoms with Gasteiger partial charge in [0.1, 0.15) is 17.4 Å². The molecule has 332 valence electrons. The molecule has 1 aliphatic carbocycles. The Hall–Kier alpha value is -5.97. The third-order valence-electron chi connectivity index (χ3n) is 12.9. The smallest absolute Gasteiger partial charge is 0.329 e. The Morgan fingerprint density at radius 1 is 1.00 bits per heavy atom. The zero-order valence-electron chi connectivity index (χ0n) is 35.7. The van der Waals surface area contributed by atoms with Crippen molar-refractivity contribution in [2.24, 2.45) is 13.0 Å². The molecule has 3 aliphatic heterocycles. The minimum Gasteiger partial charge on any atom is -0.372 e. The number of rotatable bonds is 9. The number of ether oxygens (including phenoxy) is 1. The van der Waals surface area contributed by atoms with Crippen molar-refractivity contribution in [2.75, 3.05) is 62.6 Å². The number of nitrogens with zero attached hydrogens (tertiary/aromatic N) is 10. The van der Waals surface area contributed by atoms with Gasteiger partial charge in [0, 0.05) is 71.7 Å². The van der Waals surface area contributed by atoms with Crippen LogP contribution in [0.2, 0.25) is 0 Å².